The molecule has 0 aliphatic carbocycles. The van der Waals surface area contributed by atoms with Gasteiger partial charge in [0.15, 0.2) is 0 Å². The summed E-state index contributed by atoms with van der Waals surface area (Å²) in [5.41, 5.74) is 1.91. The predicted molar refractivity (Wildman–Crippen MR) is 135 cm³/mol. The van der Waals surface area contributed by atoms with Gasteiger partial charge in [-0.2, -0.15) is 4.31 Å². The lowest BCUT2D eigenvalue weighted by Gasteiger charge is -2.38. The number of hydrogen-bond acceptors (Lipinski definition) is 8. The van der Waals surface area contributed by atoms with Gasteiger partial charge in [-0.15, -0.1) is 0 Å². The summed E-state index contributed by atoms with van der Waals surface area (Å²) in [6.07, 6.45) is 5.91. The van der Waals surface area contributed by atoms with E-state index in [1.54, 1.807) is 47.5 Å². The first-order valence-corrected chi connectivity index (χ1v) is 13.9. The third kappa shape index (κ3) is 4.80. The molecule has 0 N–H and O–H groups in total. The van der Waals surface area contributed by atoms with E-state index < -0.39 is 10.0 Å². The SMILES string of the molecule is CCS(=O)(=O)N1CCN(Cc2cc3c(=O)n(C)cc(-c4ccncc4OC4CCOC4)c3o2)[C@H](C)C1. The van der Waals surface area contributed by atoms with Gasteiger partial charge in [0.05, 0.1) is 37.1 Å². The van der Waals surface area contributed by atoms with Crippen LogP contribution in [-0.4, -0.2) is 77.9 Å². The quantitative estimate of drug-likeness (QED) is 0.471. The third-order valence-corrected chi connectivity index (χ3v) is 8.85. The molecule has 0 radical (unpaired) electrons. The number of rotatable bonds is 7. The average Bonchev–Trinajstić information content (AvgIpc) is 3.53. The van der Waals surface area contributed by atoms with E-state index in [0.717, 1.165) is 17.5 Å². The molecule has 5 heterocycles. The Kier molecular flexibility index (Phi) is 6.90. The fraction of sp³-hybridized carbons (Fsp3) is 0.520. The smallest absolute Gasteiger partial charge is 0.261 e. The van der Waals surface area contributed by atoms with E-state index in [2.05, 4.69) is 9.88 Å². The molecule has 3 aromatic rings. The summed E-state index contributed by atoms with van der Waals surface area (Å²) in [5.74, 6) is 1.38. The fourth-order valence-electron chi connectivity index (χ4n) is 4.89. The fourth-order valence-corrected chi connectivity index (χ4v) is 6.05. The molecule has 11 heteroatoms. The van der Waals surface area contributed by atoms with E-state index >= 15 is 0 Å². The van der Waals surface area contributed by atoms with Gasteiger partial charge in [0.25, 0.3) is 5.56 Å². The van der Waals surface area contributed by atoms with Gasteiger partial charge in [-0.25, -0.2) is 8.42 Å². The molecule has 2 aliphatic rings. The maximum absolute atomic E-state index is 13.0. The monoisotopic (exact) mass is 516 g/mol. The zero-order valence-corrected chi connectivity index (χ0v) is 21.7. The van der Waals surface area contributed by atoms with Gasteiger partial charge >= 0.3 is 0 Å². The first kappa shape index (κ1) is 24.9. The molecule has 0 bridgehead atoms. The Morgan fingerprint density at radius 2 is 2.08 bits per heavy atom. The van der Waals surface area contributed by atoms with Crippen LogP contribution in [0.3, 0.4) is 0 Å². The molecule has 3 aromatic heterocycles. The van der Waals surface area contributed by atoms with E-state index in [-0.39, 0.29) is 23.5 Å². The molecule has 194 valence electrons. The van der Waals surface area contributed by atoms with Crippen LogP contribution in [0.15, 0.2) is 39.9 Å². The zero-order valence-electron chi connectivity index (χ0n) is 20.8. The normalized spacial score (nSPS) is 21.9. The van der Waals surface area contributed by atoms with E-state index in [0.29, 0.717) is 61.9 Å². The van der Waals surface area contributed by atoms with Crippen molar-refractivity contribution in [1.82, 2.24) is 18.8 Å². The van der Waals surface area contributed by atoms with Crippen LogP contribution in [0.5, 0.6) is 5.75 Å². The maximum Gasteiger partial charge on any atom is 0.261 e. The van der Waals surface area contributed by atoms with Crippen LogP contribution in [0.4, 0.5) is 0 Å². The Morgan fingerprint density at radius 1 is 1.25 bits per heavy atom. The van der Waals surface area contributed by atoms with Crippen LogP contribution in [0.2, 0.25) is 0 Å². The third-order valence-electron chi connectivity index (χ3n) is 7.00. The van der Waals surface area contributed by atoms with Crippen molar-refractivity contribution in [2.75, 3.05) is 38.6 Å². The minimum atomic E-state index is -3.22. The van der Waals surface area contributed by atoms with Gasteiger partial charge in [-0.05, 0) is 26.0 Å². The van der Waals surface area contributed by atoms with Crippen molar-refractivity contribution < 1.29 is 22.3 Å². The molecule has 36 heavy (non-hydrogen) atoms. The first-order valence-electron chi connectivity index (χ1n) is 12.3. The van der Waals surface area contributed by atoms with Crippen LogP contribution in [0, 0.1) is 0 Å². The number of sulfonamides is 1. The summed E-state index contributed by atoms with van der Waals surface area (Å²) in [7, 11) is -1.49. The maximum atomic E-state index is 13.0. The lowest BCUT2D eigenvalue weighted by atomic mass is 10.1. The number of furan rings is 1. The number of ether oxygens (including phenoxy) is 2. The Hall–Kier alpha value is -2.73. The van der Waals surface area contributed by atoms with Gasteiger partial charge in [0.1, 0.15) is 23.2 Å². The number of aromatic nitrogens is 2. The molecule has 0 saturated carbocycles. The molecule has 2 aliphatic heterocycles. The molecule has 0 amide bonds. The van der Waals surface area contributed by atoms with Crippen molar-refractivity contribution in [3.63, 3.8) is 0 Å². The van der Waals surface area contributed by atoms with Crippen LogP contribution >= 0.6 is 0 Å². The predicted octanol–water partition coefficient (Wildman–Crippen LogP) is 2.22. The number of piperazine rings is 1. The zero-order chi connectivity index (χ0) is 25.4. The van der Waals surface area contributed by atoms with Crippen molar-refractivity contribution in [2.45, 2.75) is 39.0 Å². The molecule has 2 saturated heterocycles. The van der Waals surface area contributed by atoms with Crippen molar-refractivity contribution in [1.29, 1.82) is 0 Å². The molecule has 2 atom stereocenters. The number of fused-ring (bicyclic) bond motifs is 1. The van der Waals surface area contributed by atoms with Gasteiger partial charge in [0, 0.05) is 62.7 Å². The van der Waals surface area contributed by atoms with Crippen molar-refractivity contribution in [3.8, 4) is 16.9 Å². The number of pyridine rings is 2. The molecule has 0 aromatic carbocycles. The largest absolute Gasteiger partial charge is 0.486 e. The molecular weight excluding hydrogens is 484 g/mol. The standard InChI is InChI=1S/C25H32N4O6S/c1-4-36(31,32)29-9-8-28(17(2)13-29)14-19-11-21-24(35-19)22(15-27(3)25(21)30)20-5-7-26-12-23(20)34-18-6-10-33-16-18/h5,7,11-12,15,17-18H,4,6,8-10,13-14,16H2,1-3H3/t17-,18?/m1/s1. The topological polar surface area (TPSA) is 107 Å². The molecule has 2 fully saturated rings. The Morgan fingerprint density at radius 3 is 2.81 bits per heavy atom. The minimum Gasteiger partial charge on any atom is -0.486 e. The average molecular weight is 517 g/mol. The lowest BCUT2D eigenvalue weighted by molar-refractivity contribution is 0.114. The summed E-state index contributed by atoms with van der Waals surface area (Å²) in [6, 6.07) is 3.68. The van der Waals surface area contributed by atoms with Crippen LogP contribution < -0.4 is 10.3 Å². The van der Waals surface area contributed by atoms with E-state index in [4.69, 9.17) is 13.9 Å². The highest BCUT2D eigenvalue weighted by Crippen LogP contribution is 2.36. The minimum absolute atomic E-state index is 0.0180. The summed E-state index contributed by atoms with van der Waals surface area (Å²) < 4.78 is 45.6. The van der Waals surface area contributed by atoms with Crippen molar-refractivity contribution in [2.24, 2.45) is 7.05 Å². The number of aryl methyl sites for hydroxylation is 1. The van der Waals surface area contributed by atoms with Gasteiger partial charge in [0.2, 0.25) is 10.0 Å². The second-order valence-corrected chi connectivity index (χ2v) is 11.7. The highest BCUT2D eigenvalue weighted by atomic mass is 32.2. The Labute approximate surface area is 210 Å². The van der Waals surface area contributed by atoms with Gasteiger partial charge < -0.3 is 18.5 Å². The van der Waals surface area contributed by atoms with Gasteiger partial charge in [-0.1, -0.05) is 0 Å². The summed E-state index contributed by atoms with van der Waals surface area (Å²) in [5, 5.41) is 0.497. The number of hydrogen-bond donors (Lipinski definition) is 0. The second kappa shape index (κ2) is 9.97. The summed E-state index contributed by atoms with van der Waals surface area (Å²) >= 11 is 0. The van der Waals surface area contributed by atoms with Crippen LogP contribution in [0.1, 0.15) is 26.0 Å². The molecular formula is C25H32N4O6S. The molecule has 0 spiro atoms. The van der Waals surface area contributed by atoms with E-state index in [9.17, 15) is 13.2 Å². The second-order valence-electron chi connectivity index (χ2n) is 9.47. The first-order chi connectivity index (χ1) is 17.3. The van der Waals surface area contributed by atoms with Gasteiger partial charge in [-0.3, -0.25) is 14.7 Å². The summed E-state index contributed by atoms with van der Waals surface area (Å²) in [4.78, 5) is 19.4. The Bertz CT molecular complexity index is 1410. The van der Waals surface area contributed by atoms with Crippen LogP contribution in [0.25, 0.3) is 22.1 Å². The highest BCUT2D eigenvalue weighted by molar-refractivity contribution is 7.89. The van der Waals surface area contributed by atoms with E-state index in [1.165, 1.54) is 0 Å². The molecule has 10 nitrogen and oxygen atoms in total. The molecule has 1 unspecified atom stereocenters. The lowest BCUT2D eigenvalue weighted by Crippen LogP contribution is -2.53. The highest BCUT2D eigenvalue weighted by Gasteiger charge is 2.31. The molecule has 5 rings (SSSR count). The van der Waals surface area contributed by atoms with Crippen molar-refractivity contribution >= 4 is 21.0 Å². The van der Waals surface area contributed by atoms with Crippen molar-refractivity contribution in [3.05, 3.63) is 46.8 Å². The van der Waals surface area contributed by atoms with Crippen LogP contribution in [-0.2, 0) is 28.4 Å². The Balaban J connectivity index is 1.46. The summed E-state index contributed by atoms with van der Waals surface area (Å²) in [6.45, 7) is 6.83. The number of nitrogens with zero attached hydrogens (tertiary/aromatic N) is 4. The van der Waals surface area contributed by atoms with E-state index in [1.807, 2.05) is 13.0 Å².